The summed E-state index contributed by atoms with van der Waals surface area (Å²) >= 11 is 0. The van der Waals surface area contributed by atoms with Crippen LogP contribution in [0.15, 0.2) is 42.5 Å². The molecule has 1 unspecified atom stereocenters. The number of aromatic hydroxyl groups is 1. The minimum atomic E-state index is -0.854. The van der Waals surface area contributed by atoms with Gasteiger partial charge in [0.1, 0.15) is 18.3 Å². The number of hydrogen-bond acceptors (Lipinski definition) is 4. The van der Waals surface area contributed by atoms with Crippen molar-refractivity contribution in [2.24, 2.45) is 0 Å². The number of carbonyl (C=O) groups excluding carboxylic acids is 2. The predicted molar refractivity (Wildman–Crippen MR) is 105 cm³/mol. The summed E-state index contributed by atoms with van der Waals surface area (Å²) in [6.45, 7) is -0.140. The van der Waals surface area contributed by atoms with Crippen LogP contribution < -0.4 is 16.0 Å². The van der Waals surface area contributed by atoms with Crippen LogP contribution in [0.25, 0.3) is 0 Å². The number of aryl methyl sites for hydroxylation is 2. The zero-order valence-corrected chi connectivity index (χ0v) is 15.4. The van der Waals surface area contributed by atoms with Gasteiger partial charge in [-0.1, -0.05) is 18.2 Å². The van der Waals surface area contributed by atoms with Gasteiger partial charge in [0, 0.05) is 12.1 Å². The standard InChI is InChI=1S/C21H22N4O3/c22-10-11-23-20(27)19(12-14-4-8-18(26)9-5-14)25-21(28)24-17-7-6-15-2-1-3-16(15)13-17/h4-9,13,19,26H,1-3,11-12H2,(H,23,27)(H2,24,25,28). The maximum absolute atomic E-state index is 12.4. The first-order chi connectivity index (χ1) is 13.5. The highest BCUT2D eigenvalue weighted by Gasteiger charge is 2.21. The number of carbonyl (C=O) groups is 2. The second-order valence-electron chi connectivity index (χ2n) is 6.73. The van der Waals surface area contributed by atoms with Crippen LogP contribution in [0, 0.1) is 11.3 Å². The lowest BCUT2D eigenvalue weighted by Crippen LogP contribution is -2.49. The number of nitrogens with one attached hydrogen (secondary N) is 3. The van der Waals surface area contributed by atoms with Gasteiger partial charge >= 0.3 is 6.03 Å². The summed E-state index contributed by atoms with van der Waals surface area (Å²) < 4.78 is 0. The van der Waals surface area contributed by atoms with Gasteiger partial charge in [-0.2, -0.15) is 5.26 Å². The topological polar surface area (TPSA) is 114 Å². The zero-order chi connectivity index (χ0) is 19.9. The molecule has 144 valence electrons. The molecule has 0 fully saturated rings. The molecule has 3 rings (SSSR count). The number of anilines is 1. The van der Waals surface area contributed by atoms with E-state index in [0.29, 0.717) is 5.69 Å². The molecule has 0 heterocycles. The van der Waals surface area contributed by atoms with Crippen molar-refractivity contribution in [1.29, 1.82) is 5.26 Å². The molecular weight excluding hydrogens is 356 g/mol. The number of benzene rings is 2. The lowest BCUT2D eigenvalue weighted by molar-refractivity contribution is -0.122. The van der Waals surface area contributed by atoms with Crippen molar-refractivity contribution < 1.29 is 14.7 Å². The number of amides is 3. The van der Waals surface area contributed by atoms with Gasteiger partial charge < -0.3 is 21.1 Å². The fraction of sp³-hybridized carbons (Fsp3) is 0.286. The molecule has 1 atom stereocenters. The first-order valence-electron chi connectivity index (χ1n) is 9.17. The zero-order valence-electron chi connectivity index (χ0n) is 15.4. The van der Waals surface area contributed by atoms with Crippen LogP contribution in [0.2, 0.25) is 0 Å². The quantitative estimate of drug-likeness (QED) is 0.577. The Kier molecular flexibility index (Phi) is 6.12. The summed E-state index contributed by atoms with van der Waals surface area (Å²) in [7, 11) is 0. The van der Waals surface area contributed by atoms with Crippen molar-refractivity contribution in [2.45, 2.75) is 31.7 Å². The number of fused-ring (bicyclic) bond motifs is 1. The number of hydrogen-bond donors (Lipinski definition) is 4. The van der Waals surface area contributed by atoms with E-state index < -0.39 is 18.0 Å². The van der Waals surface area contributed by atoms with Crippen LogP contribution in [0.5, 0.6) is 5.75 Å². The number of nitrogens with zero attached hydrogens (tertiary/aromatic N) is 1. The molecule has 0 aliphatic heterocycles. The summed E-state index contributed by atoms with van der Waals surface area (Å²) in [5.41, 5.74) is 4.00. The van der Waals surface area contributed by atoms with E-state index in [9.17, 15) is 14.7 Å². The Bertz CT molecular complexity index is 903. The molecule has 4 N–H and O–H groups in total. The Labute approximate surface area is 163 Å². The fourth-order valence-corrected chi connectivity index (χ4v) is 3.30. The van der Waals surface area contributed by atoms with E-state index in [2.05, 4.69) is 16.0 Å². The Morgan fingerprint density at radius 2 is 1.86 bits per heavy atom. The van der Waals surface area contributed by atoms with Crippen molar-refractivity contribution in [1.82, 2.24) is 10.6 Å². The van der Waals surface area contributed by atoms with Gasteiger partial charge in [0.05, 0.1) is 6.07 Å². The Balaban J connectivity index is 1.66. The first-order valence-corrected chi connectivity index (χ1v) is 9.17. The Morgan fingerprint density at radius 1 is 1.11 bits per heavy atom. The van der Waals surface area contributed by atoms with E-state index in [4.69, 9.17) is 5.26 Å². The lowest BCUT2D eigenvalue weighted by Gasteiger charge is -2.18. The summed E-state index contributed by atoms with van der Waals surface area (Å²) in [6.07, 6.45) is 3.43. The highest BCUT2D eigenvalue weighted by molar-refractivity contribution is 5.94. The Hall–Kier alpha value is -3.53. The van der Waals surface area contributed by atoms with Gasteiger partial charge in [0.25, 0.3) is 0 Å². The molecule has 0 saturated heterocycles. The summed E-state index contributed by atoms with van der Waals surface area (Å²) in [5, 5.41) is 26.0. The third kappa shape index (κ3) is 5.01. The van der Waals surface area contributed by atoms with Crippen LogP contribution >= 0.6 is 0 Å². The highest BCUT2D eigenvalue weighted by Crippen LogP contribution is 2.24. The molecule has 0 saturated carbocycles. The van der Waals surface area contributed by atoms with Crippen molar-refractivity contribution in [3.63, 3.8) is 0 Å². The number of phenols is 1. The molecule has 0 spiro atoms. The molecule has 0 aromatic heterocycles. The van der Waals surface area contributed by atoms with Crippen molar-refractivity contribution in [3.05, 3.63) is 59.2 Å². The van der Waals surface area contributed by atoms with E-state index in [0.717, 1.165) is 24.8 Å². The van der Waals surface area contributed by atoms with Gasteiger partial charge in [-0.3, -0.25) is 4.79 Å². The molecule has 1 aliphatic carbocycles. The molecule has 7 nitrogen and oxygen atoms in total. The largest absolute Gasteiger partial charge is 0.508 e. The highest BCUT2D eigenvalue weighted by atomic mass is 16.3. The minimum Gasteiger partial charge on any atom is -0.508 e. The summed E-state index contributed by atoms with van der Waals surface area (Å²) in [5.74, 6) is -0.324. The predicted octanol–water partition coefficient (Wildman–Crippen LogP) is 2.25. The van der Waals surface area contributed by atoms with Crippen LogP contribution in [0.4, 0.5) is 10.5 Å². The maximum Gasteiger partial charge on any atom is 0.319 e. The summed E-state index contributed by atoms with van der Waals surface area (Å²) in [4.78, 5) is 24.8. The SMILES string of the molecule is N#CCNC(=O)C(Cc1ccc(O)cc1)NC(=O)Nc1ccc2c(c1)CCC2. The van der Waals surface area contributed by atoms with Gasteiger partial charge in [0.2, 0.25) is 5.91 Å². The number of nitriles is 1. The third-order valence-electron chi connectivity index (χ3n) is 4.70. The van der Waals surface area contributed by atoms with Crippen molar-refractivity contribution >= 4 is 17.6 Å². The monoisotopic (exact) mass is 378 g/mol. The smallest absolute Gasteiger partial charge is 0.319 e. The molecule has 1 aliphatic rings. The summed E-state index contributed by atoms with van der Waals surface area (Å²) in [6, 6.07) is 12.7. The van der Waals surface area contributed by atoms with Gasteiger partial charge in [-0.05, 0) is 60.2 Å². The van der Waals surface area contributed by atoms with Crippen molar-refractivity contribution in [2.75, 3.05) is 11.9 Å². The molecule has 7 heteroatoms. The molecule has 2 aromatic rings. The average Bonchev–Trinajstić information content (AvgIpc) is 3.15. The average molecular weight is 378 g/mol. The van der Waals surface area contributed by atoms with E-state index in [1.54, 1.807) is 12.1 Å². The van der Waals surface area contributed by atoms with Gasteiger partial charge in [-0.25, -0.2) is 4.79 Å². The van der Waals surface area contributed by atoms with E-state index in [1.165, 1.54) is 23.3 Å². The molecule has 0 radical (unpaired) electrons. The van der Waals surface area contributed by atoms with Gasteiger partial charge in [0.15, 0.2) is 0 Å². The van der Waals surface area contributed by atoms with E-state index in [-0.39, 0.29) is 18.7 Å². The van der Waals surface area contributed by atoms with Crippen LogP contribution in [-0.2, 0) is 24.1 Å². The molecule has 3 amide bonds. The second kappa shape index (κ2) is 8.91. The molecule has 28 heavy (non-hydrogen) atoms. The Morgan fingerprint density at radius 3 is 2.61 bits per heavy atom. The minimum absolute atomic E-state index is 0.122. The second-order valence-corrected chi connectivity index (χ2v) is 6.73. The van der Waals surface area contributed by atoms with Crippen molar-refractivity contribution in [3.8, 4) is 11.8 Å². The molecule has 0 bridgehead atoms. The number of urea groups is 1. The van der Waals surface area contributed by atoms with E-state index in [1.807, 2.05) is 24.3 Å². The lowest BCUT2D eigenvalue weighted by atomic mass is 10.1. The van der Waals surface area contributed by atoms with Gasteiger partial charge in [-0.15, -0.1) is 0 Å². The first kappa shape index (κ1) is 19.2. The molecule has 2 aromatic carbocycles. The number of phenolic OH excluding ortho intramolecular Hbond substituents is 1. The van der Waals surface area contributed by atoms with Crippen LogP contribution in [0.1, 0.15) is 23.1 Å². The normalized spacial score (nSPS) is 13.1. The van der Waals surface area contributed by atoms with E-state index >= 15 is 0 Å². The maximum atomic E-state index is 12.4. The molecular formula is C21H22N4O3. The third-order valence-corrected chi connectivity index (χ3v) is 4.70. The number of rotatable bonds is 6. The van der Waals surface area contributed by atoms with Crippen LogP contribution in [-0.4, -0.2) is 29.6 Å². The van der Waals surface area contributed by atoms with Crippen LogP contribution in [0.3, 0.4) is 0 Å². The fourth-order valence-electron chi connectivity index (χ4n) is 3.30.